The predicted molar refractivity (Wildman–Crippen MR) is 106 cm³/mol. The lowest BCUT2D eigenvalue weighted by Crippen LogP contribution is -2.41. The van der Waals surface area contributed by atoms with E-state index in [-0.39, 0.29) is 17.7 Å². The van der Waals surface area contributed by atoms with Gasteiger partial charge in [-0.25, -0.2) is 4.98 Å². The Balaban J connectivity index is 1.41. The Kier molecular flexibility index (Phi) is 5.70. The summed E-state index contributed by atoms with van der Waals surface area (Å²) in [6.07, 6.45) is -10.3. The van der Waals surface area contributed by atoms with E-state index in [0.717, 1.165) is 23.2 Å². The van der Waals surface area contributed by atoms with E-state index in [1.807, 2.05) is 12.1 Å². The van der Waals surface area contributed by atoms with Crippen molar-refractivity contribution in [2.75, 3.05) is 18.0 Å². The van der Waals surface area contributed by atoms with Crippen LogP contribution < -0.4 is 14.4 Å². The van der Waals surface area contributed by atoms with E-state index >= 15 is 0 Å². The third-order valence-corrected chi connectivity index (χ3v) is 5.14. The highest BCUT2D eigenvalue weighted by atomic mass is 19.4. The lowest BCUT2D eigenvalue weighted by atomic mass is 10.1. The number of nitrogens with zero attached hydrogens (tertiary/aromatic N) is 2. The summed E-state index contributed by atoms with van der Waals surface area (Å²) in [6, 6.07) is 13.6. The highest BCUT2D eigenvalue weighted by Gasteiger charge is 2.61. The largest absolute Gasteiger partial charge is 0.499 e. The molecule has 1 aliphatic heterocycles. The van der Waals surface area contributed by atoms with Crippen LogP contribution in [0.2, 0.25) is 0 Å². The normalized spacial score (nSPS) is 15.7. The lowest BCUT2D eigenvalue weighted by Gasteiger charge is -2.34. The number of ether oxygens (including phenoxy) is 2. The van der Waals surface area contributed by atoms with Crippen LogP contribution in [0.4, 0.5) is 27.6 Å². The standard InChI is InChI=1S/C22H18F5N2O3/c23-21(24,25)22(26,27)32-16-5-3-4-15(12-16)31-14-8-10-29(11-9-14)19-13-20(30)28-18-7-2-1-6-17(18)19/h1-7,12-14H,8-11H2. The van der Waals surface area contributed by atoms with Gasteiger partial charge in [0.1, 0.15) is 17.6 Å². The molecule has 5 nitrogen and oxygen atoms in total. The fourth-order valence-corrected chi connectivity index (χ4v) is 3.62. The molecule has 0 bridgehead atoms. The number of aromatic nitrogens is 1. The summed E-state index contributed by atoms with van der Waals surface area (Å²) in [5.74, 6) is -0.840. The molecule has 3 aromatic rings. The van der Waals surface area contributed by atoms with Crippen LogP contribution in [-0.2, 0) is 5.11 Å². The first-order chi connectivity index (χ1) is 15.1. The van der Waals surface area contributed by atoms with Crippen LogP contribution in [0.1, 0.15) is 12.8 Å². The van der Waals surface area contributed by atoms with Crippen molar-refractivity contribution in [3.8, 4) is 17.4 Å². The van der Waals surface area contributed by atoms with Gasteiger partial charge in [-0.05, 0) is 18.2 Å². The molecule has 1 fully saturated rings. The van der Waals surface area contributed by atoms with E-state index in [4.69, 9.17) is 4.74 Å². The molecule has 2 heterocycles. The van der Waals surface area contributed by atoms with Crippen molar-refractivity contribution in [3.63, 3.8) is 0 Å². The second-order valence-corrected chi connectivity index (χ2v) is 7.39. The third kappa shape index (κ3) is 4.63. The van der Waals surface area contributed by atoms with Gasteiger partial charge in [-0.15, -0.1) is 0 Å². The molecule has 0 saturated carbocycles. The predicted octanol–water partition coefficient (Wildman–Crippen LogP) is 5.96. The fraction of sp³-hybridized carbons (Fsp3) is 0.318. The summed E-state index contributed by atoms with van der Waals surface area (Å²) >= 11 is 0. The minimum atomic E-state index is -5.82. The third-order valence-electron chi connectivity index (χ3n) is 5.14. The molecule has 0 N–H and O–H groups in total. The molecule has 0 amide bonds. The highest BCUT2D eigenvalue weighted by Crippen LogP contribution is 2.38. The van der Waals surface area contributed by atoms with Gasteiger partial charge in [0.05, 0.1) is 11.2 Å². The number of hydrogen-bond acceptors (Lipinski definition) is 4. The molecule has 10 heteroatoms. The zero-order valence-electron chi connectivity index (χ0n) is 16.6. The molecule has 0 unspecified atom stereocenters. The molecular weight excluding hydrogens is 435 g/mol. The van der Waals surface area contributed by atoms with Crippen LogP contribution in [-0.4, -0.2) is 36.5 Å². The van der Waals surface area contributed by atoms with Crippen molar-refractivity contribution in [1.29, 1.82) is 0 Å². The first-order valence-electron chi connectivity index (χ1n) is 9.84. The fourth-order valence-electron chi connectivity index (χ4n) is 3.62. The summed E-state index contributed by atoms with van der Waals surface area (Å²) in [4.78, 5) is 6.06. The number of alkyl halides is 5. The Morgan fingerprint density at radius 1 is 0.906 bits per heavy atom. The van der Waals surface area contributed by atoms with Gasteiger partial charge in [-0.2, -0.15) is 22.0 Å². The summed E-state index contributed by atoms with van der Waals surface area (Å²) in [5, 5.41) is 12.8. The summed E-state index contributed by atoms with van der Waals surface area (Å²) in [5.41, 5.74) is 1.39. The van der Waals surface area contributed by atoms with Crippen molar-refractivity contribution < 1.29 is 36.5 Å². The highest BCUT2D eigenvalue weighted by molar-refractivity contribution is 5.92. The van der Waals surface area contributed by atoms with Crippen LogP contribution in [0.3, 0.4) is 0 Å². The average molecular weight is 453 g/mol. The van der Waals surface area contributed by atoms with Crippen LogP contribution in [0, 0.1) is 0 Å². The van der Waals surface area contributed by atoms with Gasteiger partial charge in [0, 0.05) is 43.5 Å². The van der Waals surface area contributed by atoms with E-state index in [2.05, 4.69) is 14.6 Å². The maximum absolute atomic E-state index is 13.1. The molecule has 4 rings (SSSR count). The Bertz CT molecular complexity index is 1100. The van der Waals surface area contributed by atoms with Gasteiger partial charge in [0.15, 0.2) is 0 Å². The van der Waals surface area contributed by atoms with E-state index in [1.165, 1.54) is 18.2 Å². The molecule has 0 aliphatic carbocycles. The molecule has 0 atom stereocenters. The first-order valence-corrected chi connectivity index (χ1v) is 9.84. The smallest absolute Gasteiger partial charge is 0.490 e. The average Bonchev–Trinajstić information content (AvgIpc) is 2.73. The lowest BCUT2D eigenvalue weighted by molar-refractivity contribution is -0.360. The zero-order chi connectivity index (χ0) is 22.9. The van der Waals surface area contributed by atoms with Gasteiger partial charge < -0.3 is 14.4 Å². The number of anilines is 1. The Morgan fingerprint density at radius 2 is 1.59 bits per heavy atom. The van der Waals surface area contributed by atoms with Gasteiger partial charge in [0.25, 0.3) is 5.88 Å². The number of fused-ring (bicyclic) bond motifs is 1. The quantitative estimate of drug-likeness (QED) is 0.448. The van der Waals surface area contributed by atoms with E-state index < -0.39 is 18.0 Å². The van der Waals surface area contributed by atoms with Gasteiger partial charge in [-0.3, -0.25) is 5.11 Å². The molecule has 169 valence electrons. The van der Waals surface area contributed by atoms with Crippen molar-refractivity contribution in [2.45, 2.75) is 31.2 Å². The number of pyridine rings is 1. The van der Waals surface area contributed by atoms with Gasteiger partial charge in [-0.1, -0.05) is 24.3 Å². The van der Waals surface area contributed by atoms with Crippen LogP contribution >= 0.6 is 0 Å². The number of rotatable bonds is 5. The van der Waals surface area contributed by atoms with E-state index in [9.17, 15) is 27.1 Å². The summed E-state index contributed by atoms with van der Waals surface area (Å²) in [6.45, 7) is 1.14. The Labute approximate surface area is 180 Å². The first kappa shape index (κ1) is 21.9. The van der Waals surface area contributed by atoms with Crippen LogP contribution in [0.25, 0.3) is 10.9 Å². The number of halogens is 5. The molecule has 1 aromatic heterocycles. The molecule has 2 aromatic carbocycles. The van der Waals surface area contributed by atoms with Crippen molar-refractivity contribution in [1.82, 2.24) is 4.98 Å². The van der Waals surface area contributed by atoms with Crippen molar-refractivity contribution in [3.05, 3.63) is 54.6 Å². The Hall–Kier alpha value is -3.30. The molecule has 0 spiro atoms. The maximum atomic E-state index is 13.1. The zero-order valence-corrected chi connectivity index (χ0v) is 16.6. The van der Waals surface area contributed by atoms with Crippen molar-refractivity contribution in [2.24, 2.45) is 0 Å². The molecule has 1 saturated heterocycles. The summed E-state index contributed by atoms with van der Waals surface area (Å²) < 4.78 is 73.0. The van der Waals surface area contributed by atoms with Gasteiger partial charge in [0.2, 0.25) is 0 Å². The number of hydrogen-bond donors (Lipinski definition) is 0. The Morgan fingerprint density at radius 3 is 2.31 bits per heavy atom. The van der Waals surface area contributed by atoms with Crippen LogP contribution in [0.5, 0.6) is 17.4 Å². The SMILES string of the molecule is [O]c1cc(N2CCC(Oc3cccc(OC(F)(F)C(F)(F)F)c3)CC2)c2ccccc2n1. The molecule has 1 radical (unpaired) electrons. The minimum Gasteiger partial charge on any atom is -0.490 e. The molecule has 32 heavy (non-hydrogen) atoms. The van der Waals surface area contributed by atoms with Crippen molar-refractivity contribution >= 4 is 16.6 Å². The monoisotopic (exact) mass is 453 g/mol. The summed E-state index contributed by atoms with van der Waals surface area (Å²) in [7, 11) is 0. The van der Waals surface area contributed by atoms with Gasteiger partial charge >= 0.3 is 12.3 Å². The van der Waals surface area contributed by atoms with E-state index in [1.54, 1.807) is 12.1 Å². The minimum absolute atomic E-state index is 0.134. The number of piperidine rings is 1. The number of benzene rings is 2. The maximum Gasteiger partial charge on any atom is 0.499 e. The topological polar surface area (TPSA) is 54.5 Å². The second-order valence-electron chi connectivity index (χ2n) is 7.39. The van der Waals surface area contributed by atoms with E-state index in [0.29, 0.717) is 31.4 Å². The molecular formula is C22H18F5N2O3. The number of para-hydroxylation sites is 1. The molecule has 1 aliphatic rings. The van der Waals surface area contributed by atoms with Crippen LogP contribution in [0.15, 0.2) is 54.6 Å². The second kappa shape index (κ2) is 8.33.